The maximum absolute atomic E-state index is 9.78. The zero-order chi connectivity index (χ0) is 14.6. The molecule has 0 spiro atoms. The van der Waals surface area contributed by atoms with Gasteiger partial charge in [-0.25, -0.2) is 0 Å². The van der Waals surface area contributed by atoms with E-state index < -0.39 is 5.54 Å². The molecule has 2 aromatic rings. The maximum Gasteiger partial charge on any atom is 0.152 e. The van der Waals surface area contributed by atoms with Crippen LogP contribution in [0.3, 0.4) is 0 Å². The molecule has 1 unspecified atom stereocenters. The van der Waals surface area contributed by atoms with Gasteiger partial charge in [0, 0.05) is 12.2 Å². The van der Waals surface area contributed by atoms with E-state index in [4.69, 9.17) is 0 Å². The highest BCUT2D eigenvalue weighted by molar-refractivity contribution is 9.10. The van der Waals surface area contributed by atoms with Gasteiger partial charge in [-0.3, -0.25) is 10.00 Å². The van der Waals surface area contributed by atoms with Gasteiger partial charge in [-0.1, -0.05) is 30.3 Å². The Bertz CT molecular complexity index is 600. The molecule has 0 aliphatic rings. The van der Waals surface area contributed by atoms with Gasteiger partial charge in [0.25, 0.3) is 0 Å². The second-order valence-electron chi connectivity index (χ2n) is 5.04. The van der Waals surface area contributed by atoms with Crippen LogP contribution in [0.1, 0.15) is 19.4 Å². The normalized spacial score (nSPS) is 13.9. The summed E-state index contributed by atoms with van der Waals surface area (Å²) in [4.78, 5) is 0. The van der Waals surface area contributed by atoms with Gasteiger partial charge in [-0.15, -0.1) is 0 Å². The zero-order valence-corrected chi connectivity index (χ0v) is 13.1. The Hall–Kier alpha value is -1.64. The summed E-state index contributed by atoms with van der Waals surface area (Å²) in [6, 6.07) is 12.4. The topological polar surface area (TPSA) is 53.6 Å². The molecule has 0 aliphatic heterocycles. The fourth-order valence-corrected chi connectivity index (χ4v) is 2.56. The summed E-state index contributed by atoms with van der Waals surface area (Å²) in [7, 11) is 0. The van der Waals surface area contributed by atoms with E-state index in [2.05, 4.69) is 32.4 Å². The lowest BCUT2D eigenvalue weighted by atomic mass is 9.90. The summed E-state index contributed by atoms with van der Waals surface area (Å²) < 4.78 is 2.68. The van der Waals surface area contributed by atoms with Gasteiger partial charge in [0.05, 0.1) is 23.3 Å². The average Bonchev–Trinajstić information content (AvgIpc) is 2.83. The molecular weight excluding hydrogens is 316 g/mol. The lowest BCUT2D eigenvalue weighted by molar-refractivity contribution is 0.325. The number of halogens is 1. The van der Waals surface area contributed by atoms with Crippen molar-refractivity contribution in [3.63, 3.8) is 0 Å². The van der Waals surface area contributed by atoms with Crippen LogP contribution in [0.4, 0.5) is 0 Å². The second kappa shape index (κ2) is 6.21. The number of rotatable bonds is 5. The molecule has 0 amide bonds. The minimum Gasteiger partial charge on any atom is -0.292 e. The molecule has 0 aliphatic carbocycles. The molecular formula is C15H17BrN4. The van der Waals surface area contributed by atoms with Crippen LogP contribution in [0.15, 0.2) is 47.2 Å². The third-order valence-electron chi connectivity index (χ3n) is 2.99. The first-order valence-corrected chi connectivity index (χ1v) is 7.27. The molecule has 0 saturated heterocycles. The highest BCUT2D eigenvalue weighted by Crippen LogP contribution is 2.24. The van der Waals surface area contributed by atoms with Crippen LogP contribution in [-0.2, 0) is 12.1 Å². The smallest absolute Gasteiger partial charge is 0.152 e. The summed E-state index contributed by atoms with van der Waals surface area (Å²) in [5, 5.41) is 17.4. The summed E-state index contributed by atoms with van der Waals surface area (Å²) in [5.41, 5.74) is 0.156. The number of benzene rings is 1. The van der Waals surface area contributed by atoms with Crippen LogP contribution in [0, 0.1) is 11.3 Å². The summed E-state index contributed by atoms with van der Waals surface area (Å²) >= 11 is 3.38. The Morgan fingerprint density at radius 1 is 1.40 bits per heavy atom. The van der Waals surface area contributed by atoms with Gasteiger partial charge in [0.15, 0.2) is 5.54 Å². The average molecular weight is 333 g/mol. The molecule has 1 aromatic carbocycles. The first kappa shape index (κ1) is 14.8. The Balaban J connectivity index is 2.40. The largest absolute Gasteiger partial charge is 0.292 e. The van der Waals surface area contributed by atoms with Crippen molar-refractivity contribution >= 4 is 15.9 Å². The molecule has 0 radical (unpaired) electrons. The Labute approximate surface area is 127 Å². The highest BCUT2D eigenvalue weighted by Gasteiger charge is 2.33. The van der Waals surface area contributed by atoms with Gasteiger partial charge >= 0.3 is 0 Å². The summed E-state index contributed by atoms with van der Waals surface area (Å²) in [5.74, 6) is 0. The van der Waals surface area contributed by atoms with Crippen molar-refractivity contribution in [2.45, 2.75) is 32.0 Å². The summed E-state index contributed by atoms with van der Waals surface area (Å²) in [6.07, 6.45) is 3.60. The van der Waals surface area contributed by atoms with E-state index >= 15 is 0 Å². The third kappa shape index (κ3) is 3.27. The zero-order valence-electron chi connectivity index (χ0n) is 11.5. The van der Waals surface area contributed by atoms with Crippen LogP contribution in [-0.4, -0.2) is 15.8 Å². The van der Waals surface area contributed by atoms with E-state index in [1.807, 2.05) is 50.4 Å². The van der Waals surface area contributed by atoms with Crippen molar-refractivity contribution in [2.24, 2.45) is 0 Å². The minimum atomic E-state index is -0.791. The molecule has 1 atom stereocenters. The van der Waals surface area contributed by atoms with E-state index in [0.717, 1.165) is 10.0 Å². The highest BCUT2D eigenvalue weighted by atomic mass is 79.9. The van der Waals surface area contributed by atoms with Crippen LogP contribution in [0.5, 0.6) is 0 Å². The summed E-state index contributed by atoms with van der Waals surface area (Å²) in [6.45, 7) is 4.53. The van der Waals surface area contributed by atoms with Gasteiger partial charge in [0.1, 0.15) is 0 Å². The number of hydrogen-bond acceptors (Lipinski definition) is 3. The predicted molar refractivity (Wildman–Crippen MR) is 81.9 cm³/mol. The fourth-order valence-electron chi connectivity index (χ4n) is 2.24. The number of nitrogens with zero attached hydrogens (tertiary/aromatic N) is 3. The predicted octanol–water partition coefficient (Wildman–Crippen LogP) is 3.06. The van der Waals surface area contributed by atoms with Crippen LogP contribution < -0.4 is 5.32 Å². The molecule has 20 heavy (non-hydrogen) atoms. The number of aromatic nitrogens is 2. The van der Waals surface area contributed by atoms with Crippen molar-refractivity contribution in [2.75, 3.05) is 0 Å². The first-order chi connectivity index (χ1) is 9.55. The Kier molecular flexibility index (Phi) is 4.58. The van der Waals surface area contributed by atoms with E-state index in [0.29, 0.717) is 6.54 Å². The second-order valence-corrected chi connectivity index (χ2v) is 5.95. The van der Waals surface area contributed by atoms with Crippen LogP contribution in [0.2, 0.25) is 0 Å². The molecule has 5 heteroatoms. The number of hydrogen-bond donors (Lipinski definition) is 1. The van der Waals surface area contributed by atoms with Crippen molar-refractivity contribution in [3.8, 4) is 6.07 Å². The lowest BCUT2D eigenvalue weighted by Gasteiger charge is -2.30. The van der Waals surface area contributed by atoms with E-state index in [-0.39, 0.29) is 6.04 Å². The molecule has 4 nitrogen and oxygen atoms in total. The van der Waals surface area contributed by atoms with Gasteiger partial charge in [0.2, 0.25) is 0 Å². The standard InChI is InChI=1S/C15H17BrN4/c1-12(2)19-15(10-17,13-6-4-3-5-7-13)11-20-9-14(16)8-18-20/h3-9,12,19H,11H2,1-2H3. The molecule has 0 fully saturated rings. The molecule has 0 saturated carbocycles. The lowest BCUT2D eigenvalue weighted by Crippen LogP contribution is -2.48. The van der Waals surface area contributed by atoms with E-state index in [1.165, 1.54) is 0 Å². The fraction of sp³-hybridized carbons (Fsp3) is 0.333. The third-order valence-corrected chi connectivity index (χ3v) is 3.40. The quantitative estimate of drug-likeness (QED) is 0.915. The maximum atomic E-state index is 9.78. The van der Waals surface area contributed by atoms with Gasteiger partial charge in [-0.05, 0) is 35.3 Å². The monoisotopic (exact) mass is 332 g/mol. The first-order valence-electron chi connectivity index (χ1n) is 6.48. The van der Waals surface area contributed by atoms with Gasteiger partial charge < -0.3 is 0 Å². The van der Waals surface area contributed by atoms with Crippen LogP contribution >= 0.6 is 15.9 Å². The molecule has 1 aromatic heterocycles. The van der Waals surface area contributed by atoms with Crippen molar-refractivity contribution in [1.82, 2.24) is 15.1 Å². The molecule has 2 rings (SSSR count). The Morgan fingerprint density at radius 3 is 2.60 bits per heavy atom. The van der Waals surface area contributed by atoms with Crippen LogP contribution in [0.25, 0.3) is 0 Å². The van der Waals surface area contributed by atoms with Gasteiger partial charge in [-0.2, -0.15) is 10.4 Å². The SMILES string of the molecule is CC(C)NC(C#N)(Cn1cc(Br)cn1)c1ccccc1. The Morgan fingerprint density at radius 2 is 2.10 bits per heavy atom. The van der Waals surface area contributed by atoms with Crippen molar-refractivity contribution in [1.29, 1.82) is 5.26 Å². The molecule has 1 N–H and O–H groups in total. The molecule has 104 valence electrons. The number of nitrogens with one attached hydrogen (secondary N) is 1. The molecule has 0 bridgehead atoms. The van der Waals surface area contributed by atoms with E-state index in [9.17, 15) is 5.26 Å². The molecule has 1 heterocycles. The number of nitriles is 1. The van der Waals surface area contributed by atoms with Crippen molar-refractivity contribution in [3.05, 3.63) is 52.8 Å². The van der Waals surface area contributed by atoms with E-state index in [1.54, 1.807) is 10.9 Å². The minimum absolute atomic E-state index is 0.189. The van der Waals surface area contributed by atoms with Crippen molar-refractivity contribution < 1.29 is 0 Å².